The first kappa shape index (κ1) is 12.4. The second-order valence-electron chi connectivity index (χ2n) is 4.83. The number of rotatable bonds is 2. The van der Waals surface area contributed by atoms with Crippen molar-refractivity contribution in [2.24, 2.45) is 0 Å². The van der Waals surface area contributed by atoms with Gasteiger partial charge in [-0.25, -0.2) is 0 Å². The molecule has 0 unspecified atom stereocenters. The molecule has 3 rings (SSSR count). The molecule has 100 valence electrons. The smallest absolute Gasteiger partial charge is 0.295 e. The summed E-state index contributed by atoms with van der Waals surface area (Å²) in [5.74, 6) is 0. The Morgan fingerprint density at radius 2 is 1.79 bits per heavy atom. The van der Waals surface area contributed by atoms with Crippen LogP contribution in [0.3, 0.4) is 0 Å². The first-order chi connectivity index (χ1) is 9.05. The molecule has 1 aliphatic rings. The molecule has 0 amide bonds. The van der Waals surface area contributed by atoms with Gasteiger partial charge in [0.15, 0.2) is 0 Å². The summed E-state index contributed by atoms with van der Waals surface area (Å²) < 4.78 is 31.9. The molecule has 0 atom stereocenters. The number of nitrogens with zero attached hydrogens (tertiary/aromatic N) is 1. The molecule has 2 aromatic carbocycles. The standard InChI is InChI=1S/C14H15NO3S/c16-19(17,18)14-5-3-4-11-10-12(6-7-13(11)14)15-8-1-2-9-15/h3-7,10H,1-2,8-9H2,(H,16,17,18). The Balaban J connectivity index is 2.15. The molecule has 0 aromatic heterocycles. The lowest BCUT2D eigenvalue weighted by molar-refractivity contribution is 0.484. The topological polar surface area (TPSA) is 57.6 Å². The minimum absolute atomic E-state index is 0.0297. The lowest BCUT2D eigenvalue weighted by Gasteiger charge is -2.18. The molecule has 1 saturated heterocycles. The van der Waals surface area contributed by atoms with E-state index in [0.29, 0.717) is 5.39 Å². The van der Waals surface area contributed by atoms with E-state index in [2.05, 4.69) is 4.90 Å². The van der Waals surface area contributed by atoms with Crippen LogP contribution in [0.4, 0.5) is 5.69 Å². The van der Waals surface area contributed by atoms with Crippen molar-refractivity contribution in [1.29, 1.82) is 0 Å². The molecule has 5 heteroatoms. The Kier molecular flexibility index (Phi) is 2.95. The quantitative estimate of drug-likeness (QED) is 0.857. The van der Waals surface area contributed by atoms with Crippen LogP contribution in [0.2, 0.25) is 0 Å². The molecule has 19 heavy (non-hydrogen) atoms. The molecule has 2 aromatic rings. The van der Waals surface area contributed by atoms with Crippen LogP contribution in [-0.2, 0) is 10.1 Å². The molecule has 1 fully saturated rings. The van der Waals surface area contributed by atoms with Crippen LogP contribution < -0.4 is 4.90 Å². The summed E-state index contributed by atoms with van der Waals surface area (Å²) in [7, 11) is -4.17. The Labute approximate surface area is 112 Å². The third kappa shape index (κ3) is 2.31. The van der Waals surface area contributed by atoms with Gasteiger partial charge in [0.25, 0.3) is 10.1 Å². The predicted molar refractivity (Wildman–Crippen MR) is 75.2 cm³/mol. The highest BCUT2D eigenvalue weighted by molar-refractivity contribution is 7.86. The highest BCUT2D eigenvalue weighted by atomic mass is 32.2. The summed E-state index contributed by atoms with van der Waals surface area (Å²) >= 11 is 0. The van der Waals surface area contributed by atoms with E-state index in [-0.39, 0.29) is 4.90 Å². The molecule has 1 N–H and O–H groups in total. The predicted octanol–water partition coefficient (Wildman–Crippen LogP) is 2.69. The van der Waals surface area contributed by atoms with Crippen LogP contribution in [0.25, 0.3) is 10.8 Å². The van der Waals surface area contributed by atoms with Gasteiger partial charge in [-0.15, -0.1) is 0 Å². The third-order valence-electron chi connectivity index (χ3n) is 3.57. The third-order valence-corrected chi connectivity index (χ3v) is 4.48. The summed E-state index contributed by atoms with van der Waals surface area (Å²) in [5.41, 5.74) is 1.11. The van der Waals surface area contributed by atoms with Gasteiger partial charge in [0.1, 0.15) is 4.90 Å². The van der Waals surface area contributed by atoms with Crippen molar-refractivity contribution in [3.63, 3.8) is 0 Å². The van der Waals surface area contributed by atoms with E-state index in [0.717, 1.165) is 24.2 Å². The normalized spacial score (nSPS) is 16.2. The van der Waals surface area contributed by atoms with Gasteiger partial charge in [-0.2, -0.15) is 8.42 Å². The number of fused-ring (bicyclic) bond motifs is 1. The zero-order valence-corrected chi connectivity index (χ0v) is 11.2. The van der Waals surface area contributed by atoms with Crippen molar-refractivity contribution in [3.05, 3.63) is 36.4 Å². The van der Waals surface area contributed by atoms with E-state index < -0.39 is 10.1 Å². The monoisotopic (exact) mass is 277 g/mol. The Hall–Kier alpha value is -1.59. The maximum atomic E-state index is 11.3. The number of hydrogen-bond donors (Lipinski definition) is 1. The fourth-order valence-electron chi connectivity index (χ4n) is 2.64. The largest absolute Gasteiger partial charge is 0.372 e. The van der Waals surface area contributed by atoms with Crippen molar-refractivity contribution < 1.29 is 13.0 Å². The van der Waals surface area contributed by atoms with Crippen LogP contribution >= 0.6 is 0 Å². The Bertz CT molecular complexity index is 719. The van der Waals surface area contributed by atoms with E-state index in [4.69, 9.17) is 0 Å². The van der Waals surface area contributed by atoms with Gasteiger partial charge in [0, 0.05) is 24.2 Å². The SMILES string of the molecule is O=S(=O)(O)c1cccc2cc(N3CCCC3)ccc12. The van der Waals surface area contributed by atoms with Crippen molar-refractivity contribution in [2.75, 3.05) is 18.0 Å². The van der Waals surface area contributed by atoms with Gasteiger partial charge < -0.3 is 4.90 Å². The molecular formula is C14H15NO3S. The van der Waals surface area contributed by atoms with Gasteiger partial charge in [0.2, 0.25) is 0 Å². The highest BCUT2D eigenvalue weighted by Gasteiger charge is 2.16. The molecular weight excluding hydrogens is 262 g/mol. The van der Waals surface area contributed by atoms with Crippen LogP contribution in [0, 0.1) is 0 Å². The van der Waals surface area contributed by atoms with E-state index in [1.807, 2.05) is 18.2 Å². The molecule has 0 aliphatic carbocycles. The van der Waals surface area contributed by atoms with Crippen molar-refractivity contribution in [1.82, 2.24) is 0 Å². The molecule has 4 nitrogen and oxygen atoms in total. The molecule has 0 spiro atoms. The molecule has 0 saturated carbocycles. The van der Waals surface area contributed by atoms with Crippen LogP contribution in [0.5, 0.6) is 0 Å². The summed E-state index contributed by atoms with van der Waals surface area (Å²) in [6, 6.07) is 10.6. The maximum absolute atomic E-state index is 11.3. The first-order valence-corrected chi connectivity index (χ1v) is 7.75. The molecule has 1 aliphatic heterocycles. The zero-order valence-electron chi connectivity index (χ0n) is 10.4. The lowest BCUT2D eigenvalue weighted by atomic mass is 10.1. The van der Waals surface area contributed by atoms with Crippen LogP contribution in [0.1, 0.15) is 12.8 Å². The number of hydrogen-bond acceptors (Lipinski definition) is 3. The summed E-state index contributed by atoms with van der Waals surface area (Å²) in [6.45, 7) is 2.09. The summed E-state index contributed by atoms with van der Waals surface area (Å²) in [4.78, 5) is 2.26. The fraction of sp³-hybridized carbons (Fsp3) is 0.286. The van der Waals surface area contributed by atoms with Crippen LogP contribution in [-0.4, -0.2) is 26.1 Å². The number of benzene rings is 2. The van der Waals surface area contributed by atoms with Gasteiger partial charge >= 0.3 is 0 Å². The van der Waals surface area contributed by atoms with Crippen molar-refractivity contribution >= 4 is 26.6 Å². The van der Waals surface area contributed by atoms with Gasteiger partial charge in [-0.3, -0.25) is 4.55 Å². The van der Waals surface area contributed by atoms with Gasteiger partial charge in [0.05, 0.1) is 0 Å². The zero-order chi connectivity index (χ0) is 13.5. The van der Waals surface area contributed by atoms with E-state index >= 15 is 0 Å². The highest BCUT2D eigenvalue weighted by Crippen LogP contribution is 2.28. The van der Waals surface area contributed by atoms with Crippen LogP contribution in [0.15, 0.2) is 41.3 Å². The van der Waals surface area contributed by atoms with E-state index in [1.54, 1.807) is 12.1 Å². The first-order valence-electron chi connectivity index (χ1n) is 6.31. The summed E-state index contributed by atoms with van der Waals surface area (Å²) in [5, 5.41) is 1.40. The molecule has 0 radical (unpaired) electrons. The minimum Gasteiger partial charge on any atom is -0.372 e. The molecule has 1 heterocycles. The van der Waals surface area contributed by atoms with E-state index in [1.165, 1.54) is 18.9 Å². The van der Waals surface area contributed by atoms with Gasteiger partial charge in [-0.1, -0.05) is 18.2 Å². The van der Waals surface area contributed by atoms with Gasteiger partial charge in [-0.05, 0) is 36.4 Å². The number of anilines is 1. The Morgan fingerprint density at radius 3 is 2.47 bits per heavy atom. The summed E-state index contributed by atoms with van der Waals surface area (Å²) in [6.07, 6.45) is 2.40. The van der Waals surface area contributed by atoms with E-state index in [9.17, 15) is 13.0 Å². The minimum atomic E-state index is -4.17. The Morgan fingerprint density at radius 1 is 1.05 bits per heavy atom. The molecule has 0 bridgehead atoms. The average molecular weight is 277 g/mol. The average Bonchev–Trinajstić information content (AvgIpc) is 2.90. The maximum Gasteiger partial charge on any atom is 0.295 e. The van der Waals surface area contributed by atoms with Crippen molar-refractivity contribution in [2.45, 2.75) is 17.7 Å². The lowest BCUT2D eigenvalue weighted by Crippen LogP contribution is -2.17. The van der Waals surface area contributed by atoms with Crippen molar-refractivity contribution in [3.8, 4) is 0 Å². The fourth-order valence-corrected chi connectivity index (χ4v) is 3.35. The second kappa shape index (κ2) is 4.51. The second-order valence-corrected chi connectivity index (χ2v) is 6.22.